The Balaban J connectivity index is 1.68. The van der Waals surface area contributed by atoms with Crippen molar-refractivity contribution in [2.75, 3.05) is 29.4 Å². The van der Waals surface area contributed by atoms with Crippen LogP contribution in [0.2, 0.25) is 0 Å². The van der Waals surface area contributed by atoms with Gasteiger partial charge >= 0.3 is 12.2 Å². The number of carbonyl (C=O) groups is 2. The van der Waals surface area contributed by atoms with Gasteiger partial charge in [-0.05, 0) is 36.1 Å². The molecule has 32 heavy (non-hydrogen) atoms. The molecule has 0 bridgehead atoms. The van der Waals surface area contributed by atoms with Crippen molar-refractivity contribution in [1.82, 2.24) is 5.32 Å². The maximum Gasteiger partial charge on any atom is 0.414 e. The van der Waals surface area contributed by atoms with Crippen LogP contribution in [0.5, 0.6) is 0 Å². The topological polar surface area (TPSA) is 106 Å². The van der Waals surface area contributed by atoms with E-state index in [1.807, 2.05) is 19.9 Å². The van der Waals surface area contributed by atoms with Gasteiger partial charge in [-0.25, -0.2) is 18.4 Å². The molecule has 0 spiro atoms. The molecule has 2 saturated heterocycles. The highest BCUT2D eigenvalue weighted by Crippen LogP contribution is 2.31. The Labute approximate surface area is 185 Å². The number of alkyl halides is 1. The third-order valence-corrected chi connectivity index (χ3v) is 5.79. The summed E-state index contributed by atoms with van der Waals surface area (Å²) in [5.41, 5.74) is 0.940. The van der Waals surface area contributed by atoms with E-state index in [1.165, 1.54) is 23.1 Å². The van der Waals surface area contributed by atoms with Gasteiger partial charge in [0.2, 0.25) is 0 Å². The summed E-state index contributed by atoms with van der Waals surface area (Å²) in [6.07, 6.45) is -1.82. The number of piperidine rings is 1. The Morgan fingerprint density at radius 3 is 2.78 bits per heavy atom. The number of cyclic esters (lactones) is 1. The highest BCUT2D eigenvalue weighted by atomic mass is 19.1. The molecule has 0 aliphatic carbocycles. The highest BCUT2D eigenvalue weighted by Gasteiger charge is 2.35. The molecule has 3 unspecified atom stereocenters. The Bertz CT molecular complexity index is 946. The average Bonchev–Trinajstić information content (AvgIpc) is 3.09. The summed E-state index contributed by atoms with van der Waals surface area (Å²) >= 11 is 0. The molecule has 1 aromatic rings. The summed E-state index contributed by atoms with van der Waals surface area (Å²) in [5.74, 6) is -0.589. The molecular formula is C22H26F2N4O4. The van der Waals surface area contributed by atoms with E-state index in [9.17, 15) is 18.4 Å². The van der Waals surface area contributed by atoms with Gasteiger partial charge in [-0.2, -0.15) is 5.26 Å². The number of allylic oxidation sites excluding steroid dienone is 1. The van der Waals surface area contributed by atoms with Crippen LogP contribution in [0.4, 0.5) is 29.7 Å². The zero-order valence-electron chi connectivity index (χ0n) is 17.9. The minimum Gasteiger partial charge on any atom is -0.465 e. The van der Waals surface area contributed by atoms with Crippen molar-refractivity contribution in [2.45, 2.75) is 45.0 Å². The fraction of sp³-hybridized carbons (Fsp3) is 0.500. The summed E-state index contributed by atoms with van der Waals surface area (Å²) in [6.45, 7) is 4.23. The number of carboxylic acid groups (broad SMARTS) is 1. The van der Waals surface area contributed by atoms with E-state index in [0.29, 0.717) is 30.6 Å². The molecule has 2 aliphatic rings. The first kappa shape index (κ1) is 23.3. The minimum atomic E-state index is -1.34. The number of ether oxygens (including phenoxy) is 1. The van der Waals surface area contributed by atoms with Crippen LogP contribution in [0.15, 0.2) is 29.8 Å². The normalized spacial score (nSPS) is 23.2. The van der Waals surface area contributed by atoms with Crippen molar-refractivity contribution in [2.24, 2.45) is 5.92 Å². The number of anilines is 2. The quantitative estimate of drug-likeness (QED) is 0.641. The maximum atomic E-state index is 14.9. The van der Waals surface area contributed by atoms with Gasteiger partial charge in [0.05, 0.1) is 30.5 Å². The van der Waals surface area contributed by atoms with Crippen molar-refractivity contribution >= 4 is 23.6 Å². The number of benzene rings is 1. The Kier molecular flexibility index (Phi) is 7.18. The second-order valence-electron chi connectivity index (χ2n) is 8.30. The predicted molar refractivity (Wildman–Crippen MR) is 114 cm³/mol. The largest absolute Gasteiger partial charge is 0.465 e. The molecule has 0 saturated carbocycles. The molecule has 2 aliphatic heterocycles. The van der Waals surface area contributed by atoms with Crippen LogP contribution in [0.25, 0.3) is 0 Å². The van der Waals surface area contributed by atoms with Crippen LogP contribution < -0.4 is 15.1 Å². The zero-order chi connectivity index (χ0) is 23.4. The Morgan fingerprint density at radius 1 is 1.44 bits per heavy atom. The van der Waals surface area contributed by atoms with Crippen LogP contribution in [-0.4, -0.2) is 55.2 Å². The predicted octanol–water partition coefficient (Wildman–Crippen LogP) is 3.83. The van der Waals surface area contributed by atoms with Gasteiger partial charge in [0, 0.05) is 25.1 Å². The van der Waals surface area contributed by atoms with E-state index in [2.05, 4.69) is 5.32 Å². The molecule has 2 amide bonds. The number of hydrogen-bond donors (Lipinski definition) is 2. The number of nitriles is 1. The molecule has 3 atom stereocenters. The highest BCUT2D eigenvalue weighted by molar-refractivity contribution is 5.90. The van der Waals surface area contributed by atoms with Crippen LogP contribution in [0, 0.1) is 23.1 Å². The van der Waals surface area contributed by atoms with Crippen LogP contribution >= 0.6 is 0 Å². The number of rotatable bonds is 6. The van der Waals surface area contributed by atoms with Crippen molar-refractivity contribution in [1.29, 1.82) is 5.26 Å². The monoisotopic (exact) mass is 448 g/mol. The van der Waals surface area contributed by atoms with Crippen molar-refractivity contribution in [3.8, 4) is 6.07 Å². The maximum absolute atomic E-state index is 14.9. The molecule has 2 heterocycles. The Morgan fingerprint density at radius 2 is 2.19 bits per heavy atom. The van der Waals surface area contributed by atoms with Gasteiger partial charge in [-0.15, -0.1) is 0 Å². The first-order valence-electron chi connectivity index (χ1n) is 10.4. The third kappa shape index (κ3) is 5.28. The van der Waals surface area contributed by atoms with Gasteiger partial charge in [0.25, 0.3) is 0 Å². The number of amides is 2. The van der Waals surface area contributed by atoms with Crippen molar-refractivity contribution in [3.05, 3.63) is 35.7 Å². The van der Waals surface area contributed by atoms with Crippen LogP contribution in [0.1, 0.15) is 26.7 Å². The number of nitrogens with one attached hydrogen (secondary N) is 1. The van der Waals surface area contributed by atoms with Crippen LogP contribution in [-0.2, 0) is 4.74 Å². The second kappa shape index (κ2) is 9.85. The minimum absolute atomic E-state index is 0.00275. The second-order valence-corrected chi connectivity index (χ2v) is 8.30. The Hall–Kier alpha value is -3.35. The number of nitrogens with zero attached hydrogens (tertiary/aromatic N) is 3. The summed E-state index contributed by atoms with van der Waals surface area (Å²) in [7, 11) is 0. The lowest BCUT2D eigenvalue weighted by atomic mass is 9.98. The summed E-state index contributed by atoms with van der Waals surface area (Å²) in [6, 6.07) is 5.72. The first-order valence-corrected chi connectivity index (χ1v) is 10.4. The smallest absolute Gasteiger partial charge is 0.414 e. The number of carbonyl (C=O) groups excluding carboxylic acids is 1. The average molecular weight is 448 g/mol. The lowest BCUT2D eigenvalue weighted by Gasteiger charge is -2.32. The molecule has 1 aromatic carbocycles. The van der Waals surface area contributed by atoms with Crippen molar-refractivity contribution < 1.29 is 28.2 Å². The van der Waals surface area contributed by atoms with Gasteiger partial charge in [-0.1, -0.05) is 13.8 Å². The molecule has 8 nitrogen and oxygen atoms in total. The molecule has 0 aromatic heterocycles. The summed E-state index contributed by atoms with van der Waals surface area (Å²) in [5, 5.41) is 20.1. The van der Waals surface area contributed by atoms with E-state index in [4.69, 9.17) is 15.1 Å². The number of hydrogen-bond acceptors (Lipinski definition) is 5. The molecule has 2 fully saturated rings. The third-order valence-electron chi connectivity index (χ3n) is 5.79. The van der Waals surface area contributed by atoms with E-state index < -0.39 is 36.3 Å². The lowest BCUT2D eigenvalue weighted by molar-refractivity contribution is 0.123. The summed E-state index contributed by atoms with van der Waals surface area (Å²) < 4.78 is 34.5. The van der Waals surface area contributed by atoms with E-state index in [0.717, 1.165) is 0 Å². The standard InChI is InChI=1S/C22H26F2N4O4/c1-13(2)19(26-21(29)30)10-16-11-28(22(31)32-16)15-3-4-20(17(23)9-15)27-8-6-14(5-7-25)18(24)12-27/h3-5,9,13,16,18-19,26H,6,8,10-12H2,1-2H3,(H,29,30)/b14-5-. The molecule has 0 radical (unpaired) electrons. The molecular weight excluding hydrogens is 422 g/mol. The van der Waals surface area contributed by atoms with Crippen LogP contribution in [0.3, 0.4) is 0 Å². The van der Waals surface area contributed by atoms with Gasteiger partial charge < -0.3 is 20.1 Å². The fourth-order valence-electron chi connectivity index (χ4n) is 4.00. The van der Waals surface area contributed by atoms with E-state index in [1.54, 1.807) is 11.0 Å². The van der Waals surface area contributed by atoms with Crippen molar-refractivity contribution in [3.63, 3.8) is 0 Å². The van der Waals surface area contributed by atoms with Gasteiger partial charge in [0.1, 0.15) is 18.1 Å². The molecule has 3 rings (SSSR count). The summed E-state index contributed by atoms with van der Waals surface area (Å²) in [4.78, 5) is 26.2. The fourth-order valence-corrected chi connectivity index (χ4v) is 4.00. The molecule has 2 N–H and O–H groups in total. The first-order chi connectivity index (χ1) is 15.2. The number of halogens is 2. The van der Waals surface area contributed by atoms with E-state index >= 15 is 0 Å². The van der Waals surface area contributed by atoms with E-state index in [-0.39, 0.29) is 24.7 Å². The SMILES string of the molecule is CC(C)C(CC1CN(c2ccc(N3CC/C(=C/C#N)C(F)C3)c(F)c2)C(=O)O1)NC(=O)O. The van der Waals surface area contributed by atoms with Gasteiger partial charge in [-0.3, -0.25) is 4.90 Å². The lowest BCUT2D eigenvalue weighted by Crippen LogP contribution is -2.40. The van der Waals surface area contributed by atoms with Gasteiger partial charge in [0.15, 0.2) is 0 Å². The molecule has 172 valence electrons. The zero-order valence-corrected chi connectivity index (χ0v) is 17.9. The molecule has 10 heteroatoms.